The fourth-order valence-corrected chi connectivity index (χ4v) is 4.11. The summed E-state index contributed by atoms with van der Waals surface area (Å²) < 4.78 is 11.2. The van der Waals surface area contributed by atoms with Crippen molar-refractivity contribution in [2.45, 2.75) is 20.0 Å². The average molecular weight is 406 g/mol. The van der Waals surface area contributed by atoms with Crippen LogP contribution in [0.1, 0.15) is 18.2 Å². The van der Waals surface area contributed by atoms with Gasteiger partial charge in [0.05, 0.1) is 10.4 Å². The number of fused-ring (bicyclic) bond motifs is 1. The van der Waals surface area contributed by atoms with Gasteiger partial charge in [-0.2, -0.15) is 0 Å². The van der Waals surface area contributed by atoms with E-state index >= 15 is 0 Å². The number of aromatic nitrogens is 3. The second-order valence-corrected chi connectivity index (χ2v) is 7.27. The van der Waals surface area contributed by atoms with Crippen molar-refractivity contribution in [1.82, 2.24) is 15.1 Å². The second kappa shape index (κ2) is 7.23. The van der Waals surface area contributed by atoms with Crippen LogP contribution in [0.25, 0.3) is 21.5 Å². The number of thiophene rings is 1. The molecule has 0 saturated carbocycles. The fraction of sp³-hybridized carbons (Fsp3) is 0.167. The van der Waals surface area contributed by atoms with Crippen molar-refractivity contribution >= 4 is 44.8 Å². The molecule has 0 atom stereocenters. The Morgan fingerprint density at radius 3 is 2.88 bits per heavy atom. The van der Waals surface area contributed by atoms with Gasteiger partial charge >= 0.3 is 0 Å². The predicted octanol–water partition coefficient (Wildman–Crippen LogP) is 5.79. The molecule has 0 fully saturated rings. The molecule has 3 aromatic heterocycles. The minimum atomic E-state index is 0.212. The van der Waals surface area contributed by atoms with Crippen LogP contribution in [0.4, 0.5) is 0 Å². The lowest BCUT2D eigenvalue weighted by atomic mass is 10.1. The Balaban J connectivity index is 1.56. The van der Waals surface area contributed by atoms with Crippen molar-refractivity contribution in [2.75, 3.05) is 0 Å². The first-order chi connectivity index (χ1) is 12.7. The molecule has 132 valence electrons. The first kappa shape index (κ1) is 17.3. The van der Waals surface area contributed by atoms with E-state index in [1.54, 1.807) is 35.6 Å². The topological polar surface area (TPSA) is 61.0 Å². The van der Waals surface area contributed by atoms with Crippen LogP contribution in [0.15, 0.2) is 40.5 Å². The van der Waals surface area contributed by atoms with E-state index in [9.17, 15) is 0 Å². The maximum Gasteiger partial charge on any atom is 0.226 e. The summed E-state index contributed by atoms with van der Waals surface area (Å²) in [6, 6.07) is 7.03. The van der Waals surface area contributed by atoms with Gasteiger partial charge in [0.25, 0.3) is 0 Å². The quantitative estimate of drug-likeness (QED) is 0.420. The van der Waals surface area contributed by atoms with Gasteiger partial charge in [0.1, 0.15) is 16.9 Å². The Bertz CT molecular complexity index is 1080. The molecule has 0 aliphatic carbocycles. The third-order valence-electron chi connectivity index (χ3n) is 3.91. The summed E-state index contributed by atoms with van der Waals surface area (Å²) in [6.07, 6.45) is 2.40. The van der Waals surface area contributed by atoms with Crippen molar-refractivity contribution in [1.29, 1.82) is 0 Å². The Labute approximate surface area is 163 Å². The number of nitrogens with zero attached hydrogens (tertiary/aromatic N) is 3. The summed E-state index contributed by atoms with van der Waals surface area (Å²) in [5.41, 5.74) is 2.55. The van der Waals surface area contributed by atoms with Gasteiger partial charge < -0.3 is 9.26 Å². The molecule has 0 unspecified atom stereocenters. The molecular weight excluding hydrogens is 393 g/mol. The number of ether oxygens (including phenoxy) is 1. The van der Waals surface area contributed by atoms with E-state index in [4.69, 9.17) is 32.5 Å². The van der Waals surface area contributed by atoms with Crippen LogP contribution in [0.5, 0.6) is 5.88 Å². The molecule has 8 heteroatoms. The Hall–Kier alpha value is -2.15. The molecule has 5 nitrogen and oxygen atoms in total. The number of hydrogen-bond acceptors (Lipinski definition) is 6. The highest BCUT2D eigenvalue weighted by atomic mass is 35.5. The summed E-state index contributed by atoms with van der Waals surface area (Å²) in [4.78, 5) is 9.47. The van der Waals surface area contributed by atoms with Crippen molar-refractivity contribution in [3.8, 4) is 17.1 Å². The van der Waals surface area contributed by atoms with Gasteiger partial charge in [0, 0.05) is 16.7 Å². The van der Waals surface area contributed by atoms with E-state index in [0.29, 0.717) is 27.4 Å². The van der Waals surface area contributed by atoms with Crippen LogP contribution < -0.4 is 4.74 Å². The van der Waals surface area contributed by atoms with Gasteiger partial charge in [0.2, 0.25) is 5.88 Å². The number of rotatable bonds is 5. The number of benzene rings is 1. The van der Waals surface area contributed by atoms with Crippen LogP contribution >= 0.6 is 34.5 Å². The van der Waals surface area contributed by atoms with Gasteiger partial charge in [-0.1, -0.05) is 35.3 Å². The van der Waals surface area contributed by atoms with Crippen molar-refractivity contribution in [2.24, 2.45) is 0 Å². The molecule has 0 amide bonds. The first-order valence-electron chi connectivity index (χ1n) is 7.90. The summed E-state index contributed by atoms with van der Waals surface area (Å²) >= 11 is 13.7. The van der Waals surface area contributed by atoms with E-state index < -0.39 is 0 Å². The number of hydrogen-bond donors (Lipinski definition) is 0. The molecule has 0 aliphatic rings. The smallest absolute Gasteiger partial charge is 0.226 e. The molecule has 26 heavy (non-hydrogen) atoms. The summed E-state index contributed by atoms with van der Waals surface area (Å²) in [6.45, 7) is 2.31. The lowest BCUT2D eigenvalue weighted by Gasteiger charge is -2.05. The summed E-state index contributed by atoms with van der Waals surface area (Å²) in [5, 5.41) is 8.19. The third-order valence-corrected chi connectivity index (χ3v) is 5.39. The minimum Gasteiger partial charge on any atom is -0.469 e. The zero-order valence-corrected chi connectivity index (χ0v) is 16.0. The van der Waals surface area contributed by atoms with Crippen LogP contribution in [0.3, 0.4) is 0 Å². The lowest BCUT2D eigenvalue weighted by Crippen LogP contribution is -1.97. The second-order valence-electron chi connectivity index (χ2n) is 5.56. The van der Waals surface area contributed by atoms with Crippen LogP contribution in [-0.2, 0) is 13.0 Å². The molecule has 0 spiro atoms. The van der Waals surface area contributed by atoms with Crippen molar-refractivity contribution in [3.63, 3.8) is 0 Å². The molecule has 0 radical (unpaired) electrons. The number of aryl methyl sites for hydroxylation is 1. The van der Waals surface area contributed by atoms with E-state index in [-0.39, 0.29) is 6.61 Å². The van der Waals surface area contributed by atoms with Gasteiger partial charge in [0.15, 0.2) is 12.4 Å². The number of halogens is 2. The normalized spacial score (nSPS) is 11.2. The molecule has 0 bridgehead atoms. The van der Waals surface area contributed by atoms with Crippen molar-refractivity contribution < 1.29 is 9.26 Å². The highest BCUT2D eigenvalue weighted by Gasteiger charge is 2.14. The molecule has 4 rings (SSSR count). The van der Waals surface area contributed by atoms with Gasteiger partial charge in [-0.3, -0.25) is 0 Å². The zero-order chi connectivity index (χ0) is 18.1. The summed E-state index contributed by atoms with van der Waals surface area (Å²) in [5.74, 6) is 1.13. The molecule has 4 aromatic rings. The molecule has 0 saturated heterocycles. The molecular formula is C18H13Cl2N3O2S. The minimum absolute atomic E-state index is 0.212. The Morgan fingerprint density at radius 1 is 1.19 bits per heavy atom. The molecule has 1 aromatic carbocycles. The van der Waals surface area contributed by atoms with Gasteiger partial charge in [-0.25, -0.2) is 9.97 Å². The van der Waals surface area contributed by atoms with Crippen molar-refractivity contribution in [3.05, 3.63) is 57.3 Å². The van der Waals surface area contributed by atoms with E-state index in [2.05, 4.69) is 27.4 Å². The summed E-state index contributed by atoms with van der Waals surface area (Å²) in [7, 11) is 0. The maximum atomic E-state index is 6.22. The van der Waals surface area contributed by atoms with E-state index in [0.717, 1.165) is 22.2 Å². The molecule has 0 aliphatic heterocycles. The lowest BCUT2D eigenvalue weighted by molar-refractivity contribution is 0.244. The van der Waals surface area contributed by atoms with Gasteiger partial charge in [-0.05, 0) is 35.6 Å². The largest absolute Gasteiger partial charge is 0.469 e. The monoisotopic (exact) mass is 405 g/mol. The Morgan fingerprint density at radius 2 is 2.08 bits per heavy atom. The van der Waals surface area contributed by atoms with Crippen LogP contribution in [0.2, 0.25) is 10.0 Å². The predicted molar refractivity (Wildman–Crippen MR) is 103 cm³/mol. The SMILES string of the molecule is CCc1csc2ncnc(OCc3cc(-c4ccc(Cl)cc4Cl)no3)c12. The molecule has 3 heterocycles. The standard InChI is InChI=1S/C18H13Cl2N3O2S/c1-2-10-8-26-18-16(10)17(21-9-22-18)24-7-12-6-15(23-25-12)13-4-3-11(19)5-14(13)20/h3-6,8-9H,2,7H2,1H3. The van der Waals surface area contributed by atoms with E-state index in [1.165, 1.54) is 11.9 Å². The maximum absolute atomic E-state index is 6.22. The fourth-order valence-electron chi connectivity index (χ4n) is 2.62. The zero-order valence-electron chi connectivity index (χ0n) is 13.7. The first-order valence-corrected chi connectivity index (χ1v) is 9.54. The van der Waals surface area contributed by atoms with Crippen LogP contribution in [-0.4, -0.2) is 15.1 Å². The highest BCUT2D eigenvalue weighted by Crippen LogP contribution is 2.32. The van der Waals surface area contributed by atoms with Crippen LogP contribution in [0, 0.1) is 0 Å². The van der Waals surface area contributed by atoms with Gasteiger partial charge in [-0.15, -0.1) is 11.3 Å². The third kappa shape index (κ3) is 3.28. The Kier molecular flexibility index (Phi) is 4.80. The van der Waals surface area contributed by atoms with E-state index in [1.807, 2.05) is 0 Å². The molecule has 0 N–H and O–H groups in total. The average Bonchev–Trinajstić information content (AvgIpc) is 3.27. The highest BCUT2D eigenvalue weighted by molar-refractivity contribution is 7.17.